The Bertz CT molecular complexity index is 616. The van der Waals surface area contributed by atoms with E-state index < -0.39 is 0 Å². The van der Waals surface area contributed by atoms with Crippen LogP contribution in [0.1, 0.15) is 24.4 Å². The van der Waals surface area contributed by atoms with E-state index in [1.54, 1.807) is 25.4 Å². The molecule has 2 aromatic rings. The first-order valence-electron chi connectivity index (χ1n) is 5.82. The fraction of sp³-hybridized carbons (Fsp3) is 0.333. The van der Waals surface area contributed by atoms with E-state index in [-0.39, 0.29) is 10.6 Å². The molecule has 0 amide bonds. The van der Waals surface area contributed by atoms with Crippen molar-refractivity contribution in [2.45, 2.75) is 25.8 Å². The molecule has 6 heteroatoms. The number of aromatic nitrogens is 3. The summed E-state index contributed by atoms with van der Waals surface area (Å²) >= 11 is 0. The van der Waals surface area contributed by atoms with Gasteiger partial charge in [-0.3, -0.25) is 10.1 Å². The van der Waals surface area contributed by atoms with Gasteiger partial charge in [0.05, 0.1) is 4.92 Å². The summed E-state index contributed by atoms with van der Waals surface area (Å²) in [6, 6.07) is 5.54. The number of rotatable bonds is 3. The Labute approximate surface area is 103 Å². The van der Waals surface area contributed by atoms with E-state index in [0.29, 0.717) is 11.6 Å². The number of nitro groups is 1. The third kappa shape index (κ3) is 1.75. The van der Waals surface area contributed by atoms with Crippen LogP contribution in [0.3, 0.4) is 0 Å². The van der Waals surface area contributed by atoms with E-state index in [0.717, 1.165) is 24.2 Å². The Kier molecular flexibility index (Phi) is 2.36. The van der Waals surface area contributed by atoms with Crippen molar-refractivity contribution in [3.8, 4) is 11.4 Å². The molecule has 1 fully saturated rings. The van der Waals surface area contributed by atoms with Crippen LogP contribution >= 0.6 is 0 Å². The van der Waals surface area contributed by atoms with Gasteiger partial charge in [-0.25, -0.2) is 0 Å². The number of nitro benzene ring substituents is 1. The molecule has 92 valence electrons. The molecule has 0 bridgehead atoms. The summed E-state index contributed by atoms with van der Waals surface area (Å²) in [6.45, 7) is 1.74. The SMILES string of the molecule is Cc1cc(-c2nncn2C2CC2)ccc1[N+](=O)[O-]. The van der Waals surface area contributed by atoms with Crippen LogP contribution in [0.15, 0.2) is 24.5 Å². The molecule has 0 unspecified atom stereocenters. The van der Waals surface area contributed by atoms with Crippen LogP contribution in [-0.2, 0) is 0 Å². The van der Waals surface area contributed by atoms with Gasteiger partial charge in [0.1, 0.15) is 6.33 Å². The van der Waals surface area contributed by atoms with Crippen molar-refractivity contribution in [2.24, 2.45) is 0 Å². The third-order valence-electron chi connectivity index (χ3n) is 3.17. The lowest BCUT2D eigenvalue weighted by atomic mass is 10.1. The van der Waals surface area contributed by atoms with Gasteiger partial charge < -0.3 is 4.57 Å². The lowest BCUT2D eigenvalue weighted by Gasteiger charge is -2.05. The molecular formula is C12H12N4O2. The highest BCUT2D eigenvalue weighted by Gasteiger charge is 2.26. The van der Waals surface area contributed by atoms with Crippen LogP contribution in [-0.4, -0.2) is 19.7 Å². The van der Waals surface area contributed by atoms with Crippen molar-refractivity contribution in [3.63, 3.8) is 0 Å². The average Bonchev–Trinajstić information content (AvgIpc) is 3.06. The smallest absolute Gasteiger partial charge is 0.272 e. The van der Waals surface area contributed by atoms with Gasteiger partial charge in [-0.2, -0.15) is 0 Å². The molecule has 0 spiro atoms. The number of hydrogen-bond acceptors (Lipinski definition) is 4. The number of nitrogens with zero attached hydrogens (tertiary/aromatic N) is 4. The normalized spacial score (nSPS) is 14.7. The molecule has 0 N–H and O–H groups in total. The molecule has 0 radical (unpaired) electrons. The second-order valence-corrected chi connectivity index (χ2v) is 4.55. The van der Waals surface area contributed by atoms with E-state index in [1.165, 1.54) is 6.07 Å². The largest absolute Gasteiger partial charge is 0.310 e. The standard InChI is InChI=1S/C12H12N4O2/c1-8-6-9(2-5-11(8)16(17)18)12-14-13-7-15(12)10-3-4-10/h2,5-7,10H,3-4H2,1H3. The highest BCUT2D eigenvalue weighted by molar-refractivity contribution is 5.60. The van der Waals surface area contributed by atoms with Crippen molar-refractivity contribution in [1.29, 1.82) is 0 Å². The average molecular weight is 244 g/mol. The van der Waals surface area contributed by atoms with Gasteiger partial charge in [0.2, 0.25) is 0 Å². The molecule has 1 aromatic heterocycles. The van der Waals surface area contributed by atoms with Crippen molar-refractivity contribution in [2.75, 3.05) is 0 Å². The monoisotopic (exact) mass is 244 g/mol. The maximum Gasteiger partial charge on any atom is 0.272 e. The molecule has 6 nitrogen and oxygen atoms in total. The zero-order valence-corrected chi connectivity index (χ0v) is 9.91. The maximum absolute atomic E-state index is 10.8. The Balaban J connectivity index is 2.04. The summed E-state index contributed by atoms with van der Waals surface area (Å²) in [5, 5.41) is 18.8. The molecular weight excluding hydrogens is 232 g/mol. The first-order valence-corrected chi connectivity index (χ1v) is 5.82. The first-order chi connectivity index (χ1) is 8.66. The van der Waals surface area contributed by atoms with Gasteiger partial charge in [-0.1, -0.05) is 0 Å². The topological polar surface area (TPSA) is 73.8 Å². The van der Waals surface area contributed by atoms with E-state index in [1.807, 2.05) is 4.57 Å². The molecule has 1 heterocycles. The second-order valence-electron chi connectivity index (χ2n) is 4.55. The lowest BCUT2D eigenvalue weighted by Crippen LogP contribution is -1.97. The van der Waals surface area contributed by atoms with Crippen LogP contribution in [0, 0.1) is 17.0 Å². The van der Waals surface area contributed by atoms with Crippen molar-refractivity contribution >= 4 is 5.69 Å². The van der Waals surface area contributed by atoms with Crippen LogP contribution in [0.4, 0.5) is 5.69 Å². The van der Waals surface area contributed by atoms with E-state index in [4.69, 9.17) is 0 Å². The molecule has 0 atom stereocenters. The Hall–Kier alpha value is -2.24. The number of aryl methyl sites for hydroxylation is 1. The van der Waals surface area contributed by atoms with Gasteiger partial charge in [0, 0.05) is 23.2 Å². The highest BCUT2D eigenvalue weighted by Crippen LogP contribution is 2.37. The van der Waals surface area contributed by atoms with Crippen molar-refractivity contribution in [1.82, 2.24) is 14.8 Å². The molecule has 1 aliphatic carbocycles. The fourth-order valence-electron chi connectivity index (χ4n) is 2.07. The Morgan fingerprint density at radius 3 is 2.83 bits per heavy atom. The van der Waals surface area contributed by atoms with Crippen LogP contribution in [0.5, 0.6) is 0 Å². The second kappa shape index (κ2) is 3.90. The summed E-state index contributed by atoms with van der Waals surface area (Å²) in [7, 11) is 0. The molecule has 1 saturated carbocycles. The zero-order chi connectivity index (χ0) is 12.7. The molecule has 3 rings (SSSR count). The van der Waals surface area contributed by atoms with Crippen molar-refractivity contribution in [3.05, 3.63) is 40.2 Å². The summed E-state index contributed by atoms with van der Waals surface area (Å²) in [6.07, 6.45) is 4.03. The molecule has 0 saturated heterocycles. The minimum Gasteiger partial charge on any atom is -0.310 e. The van der Waals surface area contributed by atoms with E-state index in [2.05, 4.69) is 10.2 Å². The van der Waals surface area contributed by atoms with E-state index >= 15 is 0 Å². The van der Waals surface area contributed by atoms with Gasteiger partial charge in [0.15, 0.2) is 5.82 Å². The predicted molar refractivity (Wildman–Crippen MR) is 65.1 cm³/mol. The third-order valence-corrected chi connectivity index (χ3v) is 3.17. The minimum atomic E-state index is -0.370. The molecule has 1 aliphatic rings. The summed E-state index contributed by atoms with van der Waals surface area (Å²) in [4.78, 5) is 10.4. The Morgan fingerprint density at radius 2 is 2.22 bits per heavy atom. The zero-order valence-electron chi connectivity index (χ0n) is 9.91. The fourth-order valence-corrected chi connectivity index (χ4v) is 2.07. The molecule has 0 aliphatic heterocycles. The summed E-state index contributed by atoms with van der Waals surface area (Å²) in [5.74, 6) is 0.787. The van der Waals surface area contributed by atoms with Gasteiger partial charge in [-0.15, -0.1) is 10.2 Å². The number of hydrogen-bond donors (Lipinski definition) is 0. The first kappa shape index (κ1) is 10.9. The van der Waals surface area contributed by atoms with Crippen molar-refractivity contribution < 1.29 is 4.92 Å². The minimum absolute atomic E-state index is 0.135. The Morgan fingerprint density at radius 1 is 1.44 bits per heavy atom. The van der Waals surface area contributed by atoms with Crippen LogP contribution < -0.4 is 0 Å². The van der Waals surface area contributed by atoms with Gasteiger partial charge >= 0.3 is 0 Å². The molecule has 18 heavy (non-hydrogen) atoms. The van der Waals surface area contributed by atoms with E-state index in [9.17, 15) is 10.1 Å². The summed E-state index contributed by atoms with van der Waals surface area (Å²) < 4.78 is 2.04. The highest BCUT2D eigenvalue weighted by atomic mass is 16.6. The van der Waals surface area contributed by atoms with Gasteiger partial charge in [-0.05, 0) is 31.9 Å². The quantitative estimate of drug-likeness (QED) is 0.614. The lowest BCUT2D eigenvalue weighted by molar-refractivity contribution is -0.385. The predicted octanol–water partition coefficient (Wildman–Crippen LogP) is 2.50. The molecule has 1 aromatic carbocycles. The van der Waals surface area contributed by atoms with Crippen LogP contribution in [0.25, 0.3) is 11.4 Å². The maximum atomic E-state index is 10.8. The summed E-state index contributed by atoms with van der Waals surface area (Å²) in [5.41, 5.74) is 1.65. The number of benzene rings is 1. The van der Waals surface area contributed by atoms with Gasteiger partial charge in [0.25, 0.3) is 5.69 Å². The van der Waals surface area contributed by atoms with Crippen LogP contribution in [0.2, 0.25) is 0 Å².